The lowest BCUT2D eigenvalue weighted by Crippen LogP contribution is -2.37. The summed E-state index contributed by atoms with van der Waals surface area (Å²) in [5, 5.41) is 12.0. The van der Waals surface area contributed by atoms with E-state index in [1.54, 1.807) is 12.4 Å². The van der Waals surface area contributed by atoms with E-state index in [1.807, 2.05) is 0 Å². The molecular formula is C21H23N5O2. The Balaban J connectivity index is 1.47. The molecule has 2 aliphatic rings. The molecule has 7 heteroatoms. The van der Waals surface area contributed by atoms with Gasteiger partial charge in [0.15, 0.2) is 0 Å². The second-order valence-corrected chi connectivity index (χ2v) is 7.22. The summed E-state index contributed by atoms with van der Waals surface area (Å²) in [4.78, 5) is 9.01. The Bertz CT molecular complexity index is 1010. The zero-order valence-corrected chi connectivity index (χ0v) is 15.6. The zero-order chi connectivity index (χ0) is 18.8. The highest BCUT2D eigenvalue weighted by Gasteiger charge is 2.17. The minimum Gasteiger partial charge on any atom is -0.472 e. The van der Waals surface area contributed by atoms with Crippen molar-refractivity contribution in [3.05, 3.63) is 42.2 Å². The van der Waals surface area contributed by atoms with Crippen LogP contribution in [0.1, 0.15) is 24.8 Å². The zero-order valence-electron chi connectivity index (χ0n) is 15.6. The molecule has 1 aromatic carbocycles. The summed E-state index contributed by atoms with van der Waals surface area (Å²) in [5.41, 5.74) is 5.01. The van der Waals surface area contributed by atoms with E-state index < -0.39 is 0 Å². The van der Waals surface area contributed by atoms with E-state index in [1.165, 1.54) is 11.1 Å². The number of aromatic nitrogens is 4. The van der Waals surface area contributed by atoms with E-state index in [4.69, 9.17) is 9.47 Å². The van der Waals surface area contributed by atoms with Crippen LogP contribution < -0.4 is 10.1 Å². The number of hydrogen-bond acceptors (Lipinski definition) is 6. The van der Waals surface area contributed by atoms with E-state index in [2.05, 4.69) is 49.8 Å². The molecule has 5 rings (SSSR count). The van der Waals surface area contributed by atoms with Gasteiger partial charge in [0.25, 0.3) is 0 Å². The molecule has 0 saturated carbocycles. The number of piperidine rings is 1. The number of fused-ring (bicyclic) bond motifs is 1. The van der Waals surface area contributed by atoms with E-state index in [-0.39, 0.29) is 6.10 Å². The van der Waals surface area contributed by atoms with Gasteiger partial charge in [-0.3, -0.25) is 10.1 Å². The molecule has 0 aliphatic carbocycles. The molecule has 0 spiro atoms. The van der Waals surface area contributed by atoms with Gasteiger partial charge in [0.05, 0.1) is 31.1 Å². The number of nitrogens with one attached hydrogen (secondary N) is 2. The molecule has 2 aliphatic heterocycles. The summed E-state index contributed by atoms with van der Waals surface area (Å²) >= 11 is 0. The maximum absolute atomic E-state index is 6.03. The van der Waals surface area contributed by atoms with Crippen molar-refractivity contribution in [1.82, 2.24) is 25.5 Å². The third-order valence-electron chi connectivity index (χ3n) is 5.29. The number of rotatable bonds is 4. The fourth-order valence-corrected chi connectivity index (χ4v) is 3.81. The van der Waals surface area contributed by atoms with Crippen LogP contribution in [-0.2, 0) is 4.74 Å². The van der Waals surface area contributed by atoms with Gasteiger partial charge in [-0.1, -0.05) is 12.1 Å². The summed E-state index contributed by atoms with van der Waals surface area (Å²) in [5.74, 6) is 0.547. The smallest absolute Gasteiger partial charge is 0.233 e. The highest BCUT2D eigenvalue weighted by Crippen LogP contribution is 2.30. The molecule has 3 aromatic rings. The molecular weight excluding hydrogens is 354 g/mol. The van der Waals surface area contributed by atoms with Crippen molar-refractivity contribution in [3.8, 4) is 17.3 Å². The Hall–Kier alpha value is -2.77. The van der Waals surface area contributed by atoms with Crippen molar-refractivity contribution in [2.75, 3.05) is 26.3 Å². The van der Waals surface area contributed by atoms with Gasteiger partial charge in [-0.25, -0.2) is 4.98 Å². The SMILES string of the molecule is C1=C(c2ccc3[nH]nc(-c4cncc(OC5CCCNC5)n4)c3c2)CCOC1. The quantitative estimate of drug-likeness (QED) is 0.727. The normalized spacial score (nSPS) is 20.1. The second-order valence-electron chi connectivity index (χ2n) is 7.22. The summed E-state index contributed by atoms with van der Waals surface area (Å²) in [6, 6.07) is 6.37. The Morgan fingerprint density at radius 1 is 1.21 bits per heavy atom. The molecule has 2 aromatic heterocycles. The Kier molecular flexibility index (Phi) is 4.76. The van der Waals surface area contributed by atoms with Gasteiger partial charge in [-0.2, -0.15) is 5.10 Å². The first-order chi connectivity index (χ1) is 13.9. The first-order valence-corrected chi connectivity index (χ1v) is 9.82. The first kappa shape index (κ1) is 17.3. The number of hydrogen-bond donors (Lipinski definition) is 2. The summed E-state index contributed by atoms with van der Waals surface area (Å²) in [6.45, 7) is 3.34. The molecule has 1 unspecified atom stereocenters. The number of H-pyrrole nitrogens is 1. The predicted octanol–water partition coefficient (Wildman–Crippen LogP) is 2.95. The average molecular weight is 377 g/mol. The topological polar surface area (TPSA) is 85.0 Å². The molecule has 4 heterocycles. The van der Waals surface area contributed by atoms with Crippen molar-refractivity contribution in [2.24, 2.45) is 0 Å². The predicted molar refractivity (Wildman–Crippen MR) is 107 cm³/mol. The Morgan fingerprint density at radius 2 is 2.21 bits per heavy atom. The van der Waals surface area contributed by atoms with E-state index in [0.29, 0.717) is 18.2 Å². The molecule has 144 valence electrons. The van der Waals surface area contributed by atoms with Crippen LogP contribution in [0.3, 0.4) is 0 Å². The lowest BCUT2D eigenvalue weighted by Gasteiger charge is -2.23. The molecule has 1 atom stereocenters. The maximum atomic E-state index is 6.03. The third-order valence-corrected chi connectivity index (χ3v) is 5.29. The van der Waals surface area contributed by atoms with Crippen LogP contribution in [0.25, 0.3) is 27.9 Å². The Labute approximate surface area is 163 Å². The van der Waals surface area contributed by atoms with Crippen LogP contribution in [0.5, 0.6) is 5.88 Å². The highest BCUT2D eigenvalue weighted by atomic mass is 16.5. The van der Waals surface area contributed by atoms with Gasteiger partial charge in [0.1, 0.15) is 17.5 Å². The number of ether oxygens (including phenoxy) is 2. The van der Waals surface area contributed by atoms with Crippen molar-refractivity contribution >= 4 is 16.5 Å². The van der Waals surface area contributed by atoms with Gasteiger partial charge in [-0.15, -0.1) is 0 Å². The molecule has 0 amide bonds. The molecule has 0 radical (unpaired) electrons. The third kappa shape index (κ3) is 3.50. The molecule has 1 saturated heterocycles. The van der Waals surface area contributed by atoms with Crippen LogP contribution in [0.4, 0.5) is 0 Å². The molecule has 7 nitrogen and oxygen atoms in total. The number of nitrogens with zero attached hydrogens (tertiary/aromatic N) is 3. The number of benzene rings is 1. The molecule has 2 N–H and O–H groups in total. The standard InChI is InChI=1S/C21H23N5O2/c1-2-16(11-22-7-1)28-20-13-23-12-19(24-20)21-17-10-15(3-4-18(17)25-26-21)14-5-8-27-9-6-14/h3-5,10,12-13,16,22H,1-2,6-9,11H2,(H,25,26). The Morgan fingerprint density at radius 3 is 3.07 bits per heavy atom. The van der Waals surface area contributed by atoms with E-state index in [0.717, 1.165) is 55.6 Å². The van der Waals surface area contributed by atoms with Crippen molar-refractivity contribution in [1.29, 1.82) is 0 Å². The van der Waals surface area contributed by atoms with Gasteiger partial charge in [-0.05, 0) is 49.1 Å². The van der Waals surface area contributed by atoms with Gasteiger partial charge in [0.2, 0.25) is 5.88 Å². The summed E-state index contributed by atoms with van der Waals surface area (Å²) in [6.07, 6.45) is 8.78. The minimum absolute atomic E-state index is 0.140. The van der Waals surface area contributed by atoms with E-state index >= 15 is 0 Å². The minimum atomic E-state index is 0.140. The van der Waals surface area contributed by atoms with Crippen LogP contribution >= 0.6 is 0 Å². The second kappa shape index (κ2) is 7.69. The molecule has 28 heavy (non-hydrogen) atoms. The van der Waals surface area contributed by atoms with Crippen LogP contribution in [0, 0.1) is 0 Å². The lowest BCUT2D eigenvalue weighted by molar-refractivity contribution is 0.160. The van der Waals surface area contributed by atoms with Gasteiger partial charge < -0.3 is 14.8 Å². The van der Waals surface area contributed by atoms with Crippen LogP contribution in [0.15, 0.2) is 36.7 Å². The maximum Gasteiger partial charge on any atom is 0.233 e. The highest BCUT2D eigenvalue weighted by molar-refractivity contribution is 5.94. The fraction of sp³-hybridized carbons (Fsp3) is 0.381. The largest absolute Gasteiger partial charge is 0.472 e. The first-order valence-electron chi connectivity index (χ1n) is 9.82. The fourth-order valence-electron chi connectivity index (χ4n) is 3.81. The lowest BCUT2D eigenvalue weighted by atomic mass is 9.99. The summed E-state index contributed by atoms with van der Waals surface area (Å²) in [7, 11) is 0. The van der Waals surface area contributed by atoms with Crippen LogP contribution in [-0.4, -0.2) is 52.6 Å². The summed E-state index contributed by atoms with van der Waals surface area (Å²) < 4.78 is 11.5. The van der Waals surface area contributed by atoms with E-state index in [9.17, 15) is 0 Å². The van der Waals surface area contributed by atoms with Crippen molar-refractivity contribution in [3.63, 3.8) is 0 Å². The number of aromatic amines is 1. The molecule has 1 fully saturated rings. The monoisotopic (exact) mass is 377 g/mol. The van der Waals surface area contributed by atoms with Crippen molar-refractivity contribution < 1.29 is 9.47 Å². The van der Waals surface area contributed by atoms with Crippen molar-refractivity contribution in [2.45, 2.75) is 25.4 Å². The van der Waals surface area contributed by atoms with Gasteiger partial charge >= 0.3 is 0 Å². The van der Waals surface area contributed by atoms with Gasteiger partial charge in [0, 0.05) is 11.9 Å². The average Bonchev–Trinajstić information content (AvgIpc) is 3.19. The van der Waals surface area contributed by atoms with Crippen LogP contribution in [0.2, 0.25) is 0 Å². The molecule has 0 bridgehead atoms.